The number of rotatable bonds is 5. The number of carbonyl (C=O) groups is 2. The highest BCUT2D eigenvalue weighted by atomic mass is 79.9. The van der Waals surface area contributed by atoms with Gasteiger partial charge in [-0.25, -0.2) is 5.43 Å². The molecular weight excluding hydrogens is 472 g/mol. The normalized spacial score (nSPS) is 13.7. The summed E-state index contributed by atoms with van der Waals surface area (Å²) in [6.07, 6.45) is 3.20. The van der Waals surface area contributed by atoms with Crippen LogP contribution in [0.15, 0.2) is 69.3 Å². The van der Waals surface area contributed by atoms with Crippen LogP contribution in [-0.2, 0) is 16.6 Å². The van der Waals surface area contributed by atoms with Gasteiger partial charge in [-0.05, 0) is 25.1 Å². The molecule has 0 radical (unpaired) electrons. The number of hydrogen-bond acceptors (Lipinski definition) is 5. The van der Waals surface area contributed by atoms with E-state index >= 15 is 0 Å². The summed E-state index contributed by atoms with van der Waals surface area (Å²) in [6.45, 7) is 1.68. The molecule has 3 aromatic rings. The lowest BCUT2D eigenvalue weighted by atomic mass is 10.0. The van der Waals surface area contributed by atoms with Gasteiger partial charge in [0.05, 0.1) is 23.8 Å². The monoisotopic (exact) mass is 492 g/mol. The first-order valence-electron chi connectivity index (χ1n) is 9.94. The summed E-state index contributed by atoms with van der Waals surface area (Å²) < 4.78 is 2.58. The summed E-state index contributed by atoms with van der Waals surface area (Å²) in [4.78, 5) is 31.5. The van der Waals surface area contributed by atoms with E-state index in [0.29, 0.717) is 11.4 Å². The molecule has 1 N–H and O–H groups in total. The third-order valence-electron chi connectivity index (χ3n) is 5.19. The Morgan fingerprint density at radius 2 is 2.03 bits per heavy atom. The van der Waals surface area contributed by atoms with Gasteiger partial charge in [0.2, 0.25) is 5.91 Å². The predicted octanol–water partition coefficient (Wildman–Crippen LogP) is 2.83. The van der Waals surface area contributed by atoms with Crippen molar-refractivity contribution in [2.75, 3.05) is 18.0 Å². The van der Waals surface area contributed by atoms with Crippen molar-refractivity contribution in [1.82, 2.24) is 15.2 Å². The summed E-state index contributed by atoms with van der Waals surface area (Å²) in [7, 11) is 1.83. The fraction of sp³-hybridized carbons (Fsp3) is 0.174. The lowest BCUT2D eigenvalue weighted by Gasteiger charge is -2.22. The first-order chi connectivity index (χ1) is 15.4. The molecule has 32 heavy (non-hydrogen) atoms. The van der Waals surface area contributed by atoms with Gasteiger partial charge in [0.25, 0.3) is 5.91 Å². The van der Waals surface area contributed by atoms with Gasteiger partial charge in [-0.2, -0.15) is 10.2 Å². The zero-order valence-corrected chi connectivity index (χ0v) is 19.2. The van der Waals surface area contributed by atoms with E-state index in [2.05, 4.69) is 36.5 Å². The van der Waals surface area contributed by atoms with Crippen LogP contribution < -0.4 is 10.3 Å². The number of halogens is 1. The molecule has 1 aromatic heterocycles. The summed E-state index contributed by atoms with van der Waals surface area (Å²) >= 11 is 3.50. The number of amides is 2. The van der Waals surface area contributed by atoms with Crippen LogP contribution in [0.5, 0.6) is 0 Å². The maximum absolute atomic E-state index is 12.9. The quantitative estimate of drug-likeness (QED) is 0.438. The summed E-state index contributed by atoms with van der Waals surface area (Å²) in [5.41, 5.74) is 7.24. The minimum Gasteiger partial charge on any atom is -0.301 e. The molecule has 1 aliphatic rings. The summed E-state index contributed by atoms with van der Waals surface area (Å²) in [6, 6.07) is 15.2. The van der Waals surface area contributed by atoms with E-state index < -0.39 is 5.91 Å². The molecule has 0 atom stereocenters. The smallest absolute Gasteiger partial charge is 0.260 e. The largest absolute Gasteiger partial charge is 0.301 e. The zero-order chi connectivity index (χ0) is 22.7. The van der Waals surface area contributed by atoms with Crippen molar-refractivity contribution in [3.63, 3.8) is 0 Å². The molecule has 0 saturated carbocycles. The van der Waals surface area contributed by atoms with Crippen LogP contribution in [0.2, 0.25) is 0 Å². The second kappa shape index (κ2) is 9.27. The van der Waals surface area contributed by atoms with Crippen molar-refractivity contribution in [3.05, 3.63) is 81.6 Å². The second-order valence-electron chi connectivity index (χ2n) is 7.27. The van der Waals surface area contributed by atoms with Crippen LogP contribution in [0.25, 0.3) is 0 Å². The van der Waals surface area contributed by atoms with E-state index in [-0.39, 0.29) is 19.0 Å². The molecule has 9 heteroatoms. The summed E-state index contributed by atoms with van der Waals surface area (Å²) in [5.74, 6) is -0.671. The number of benzene rings is 2. The molecule has 162 valence electrons. The summed E-state index contributed by atoms with van der Waals surface area (Å²) in [5, 5.41) is 8.15. The number of aromatic nitrogens is 2. The van der Waals surface area contributed by atoms with E-state index in [4.69, 9.17) is 0 Å². The molecule has 0 fully saturated rings. The number of benzodiazepines with no additional fused rings is 1. The Bertz CT molecular complexity index is 1230. The van der Waals surface area contributed by atoms with Crippen LogP contribution in [0, 0.1) is 6.92 Å². The molecule has 0 saturated heterocycles. The van der Waals surface area contributed by atoms with Gasteiger partial charge in [-0.3, -0.25) is 19.3 Å². The topological polar surface area (TPSA) is 91.9 Å². The molecule has 0 spiro atoms. The second-order valence-corrected chi connectivity index (χ2v) is 8.19. The minimum absolute atomic E-state index is 0.0536. The van der Waals surface area contributed by atoms with Gasteiger partial charge in [0, 0.05) is 33.9 Å². The Kier molecular flexibility index (Phi) is 6.27. The Labute approximate surface area is 193 Å². The van der Waals surface area contributed by atoms with Gasteiger partial charge in [-0.1, -0.05) is 46.3 Å². The third kappa shape index (κ3) is 4.52. The Hall–Kier alpha value is -3.59. The van der Waals surface area contributed by atoms with E-state index in [1.165, 1.54) is 11.1 Å². The van der Waals surface area contributed by atoms with Crippen LogP contribution in [-0.4, -0.2) is 46.6 Å². The highest BCUT2D eigenvalue weighted by Gasteiger charge is 2.27. The predicted molar refractivity (Wildman–Crippen MR) is 127 cm³/mol. The Balaban J connectivity index is 1.58. The Morgan fingerprint density at radius 3 is 2.75 bits per heavy atom. The van der Waals surface area contributed by atoms with Crippen LogP contribution in [0.4, 0.5) is 5.69 Å². The van der Waals surface area contributed by atoms with Crippen molar-refractivity contribution in [1.29, 1.82) is 0 Å². The maximum atomic E-state index is 12.9. The SMILES string of the molecule is Cc1c(C=NNC(=O)CN2C(=O)CN=C(c3ccccc3)c3cc(Br)ccc32)cnn1C. The van der Waals surface area contributed by atoms with Gasteiger partial charge >= 0.3 is 0 Å². The van der Waals surface area contributed by atoms with Crippen molar-refractivity contribution >= 4 is 45.4 Å². The molecule has 2 heterocycles. The fourth-order valence-electron chi connectivity index (χ4n) is 3.40. The highest BCUT2D eigenvalue weighted by molar-refractivity contribution is 9.10. The zero-order valence-electron chi connectivity index (χ0n) is 17.6. The minimum atomic E-state index is -0.409. The van der Waals surface area contributed by atoms with E-state index in [1.807, 2.05) is 62.5 Å². The van der Waals surface area contributed by atoms with E-state index in [0.717, 1.165) is 26.9 Å². The number of aryl methyl sites for hydroxylation is 1. The van der Waals surface area contributed by atoms with Gasteiger partial charge in [-0.15, -0.1) is 0 Å². The van der Waals surface area contributed by atoms with Crippen LogP contribution in [0.1, 0.15) is 22.4 Å². The number of fused-ring (bicyclic) bond motifs is 1. The molecular formula is C23H21BrN6O2. The molecule has 4 rings (SSSR count). The van der Waals surface area contributed by atoms with Crippen molar-refractivity contribution in [3.8, 4) is 0 Å². The third-order valence-corrected chi connectivity index (χ3v) is 5.69. The number of carbonyl (C=O) groups excluding carboxylic acids is 2. The first kappa shape index (κ1) is 21.6. The lowest BCUT2D eigenvalue weighted by molar-refractivity contribution is -0.123. The molecule has 0 unspecified atom stereocenters. The van der Waals surface area contributed by atoms with E-state index in [9.17, 15) is 9.59 Å². The average molecular weight is 493 g/mol. The highest BCUT2D eigenvalue weighted by Crippen LogP contribution is 2.29. The standard InChI is InChI=1S/C23H21BrN6O2/c1-15-17(12-27-29(15)2)11-26-28-21(31)14-30-20-9-8-18(24)10-19(20)23(25-13-22(30)32)16-6-4-3-5-7-16/h3-12H,13-14H2,1-2H3,(H,28,31). The van der Waals surface area contributed by atoms with Crippen molar-refractivity contribution in [2.45, 2.75) is 6.92 Å². The number of nitrogens with zero attached hydrogens (tertiary/aromatic N) is 5. The number of anilines is 1. The van der Waals surface area contributed by atoms with Crippen LogP contribution in [0.3, 0.4) is 0 Å². The average Bonchev–Trinajstić information content (AvgIpc) is 3.03. The van der Waals surface area contributed by atoms with Gasteiger partial charge in [0.1, 0.15) is 13.1 Å². The molecule has 0 aliphatic carbocycles. The molecule has 0 bridgehead atoms. The van der Waals surface area contributed by atoms with Gasteiger partial charge < -0.3 is 4.90 Å². The number of aliphatic imine (C=N–C) groups is 1. The molecule has 2 aromatic carbocycles. The van der Waals surface area contributed by atoms with E-state index in [1.54, 1.807) is 10.9 Å². The van der Waals surface area contributed by atoms with Gasteiger partial charge in [0.15, 0.2) is 0 Å². The number of nitrogens with one attached hydrogen (secondary N) is 1. The Morgan fingerprint density at radius 1 is 1.25 bits per heavy atom. The fourth-order valence-corrected chi connectivity index (χ4v) is 3.76. The molecule has 2 amide bonds. The lowest BCUT2D eigenvalue weighted by Crippen LogP contribution is -2.40. The maximum Gasteiger partial charge on any atom is 0.260 e. The number of hydrogen-bond donors (Lipinski definition) is 1. The molecule has 8 nitrogen and oxygen atoms in total. The van der Waals surface area contributed by atoms with Crippen LogP contribution >= 0.6 is 15.9 Å². The van der Waals surface area contributed by atoms with Crippen molar-refractivity contribution in [2.24, 2.45) is 17.1 Å². The van der Waals surface area contributed by atoms with Crippen molar-refractivity contribution < 1.29 is 9.59 Å². The number of hydrazone groups is 1. The molecule has 1 aliphatic heterocycles. The first-order valence-corrected chi connectivity index (χ1v) is 10.7.